The summed E-state index contributed by atoms with van der Waals surface area (Å²) in [6.45, 7) is 3.96. The summed E-state index contributed by atoms with van der Waals surface area (Å²) in [5.74, 6) is 0.719. The van der Waals surface area contributed by atoms with E-state index in [2.05, 4.69) is 9.97 Å². The minimum Gasteiger partial charge on any atom is -0.489 e. The van der Waals surface area contributed by atoms with Crippen molar-refractivity contribution in [1.29, 1.82) is 0 Å². The zero-order valence-corrected chi connectivity index (χ0v) is 10.6. The molecule has 1 heterocycles. The molecule has 0 aliphatic rings. The van der Waals surface area contributed by atoms with E-state index in [0.717, 1.165) is 15.8 Å². The van der Waals surface area contributed by atoms with Crippen LogP contribution in [-0.4, -0.2) is 16.1 Å². The summed E-state index contributed by atoms with van der Waals surface area (Å²) >= 11 is 1.54. The summed E-state index contributed by atoms with van der Waals surface area (Å²) in [6.07, 6.45) is 3.64. The molecule has 0 aliphatic carbocycles. The SMILES string of the molecule is CC(C)Oc1cc(Sc2ncc[nH]2)ccc1N. The van der Waals surface area contributed by atoms with Crippen LogP contribution in [0.2, 0.25) is 0 Å². The lowest BCUT2D eigenvalue weighted by molar-refractivity contribution is 0.243. The number of hydrogen-bond donors (Lipinski definition) is 2. The van der Waals surface area contributed by atoms with Crippen molar-refractivity contribution in [2.45, 2.75) is 30.0 Å². The van der Waals surface area contributed by atoms with E-state index >= 15 is 0 Å². The Morgan fingerprint density at radius 1 is 1.41 bits per heavy atom. The molecular formula is C12H15N3OS. The van der Waals surface area contributed by atoms with Crippen molar-refractivity contribution in [1.82, 2.24) is 9.97 Å². The van der Waals surface area contributed by atoms with Crippen molar-refractivity contribution < 1.29 is 4.74 Å². The Labute approximate surface area is 105 Å². The zero-order chi connectivity index (χ0) is 12.3. The summed E-state index contributed by atoms with van der Waals surface area (Å²) in [6, 6.07) is 5.74. The van der Waals surface area contributed by atoms with Gasteiger partial charge in [-0.2, -0.15) is 0 Å². The molecule has 0 bridgehead atoms. The minimum absolute atomic E-state index is 0.112. The van der Waals surface area contributed by atoms with Gasteiger partial charge in [0.2, 0.25) is 0 Å². The molecule has 0 fully saturated rings. The monoisotopic (exact) mass is 249 g/mol. The van der Waals surface area contributed by atoms with E-state index in [1.807, 2.05) is 32.0 Å². The lowest BCUT2D eigenvalue weighted by atomic mass is 10.3. The molecule has 5 heteroatoms. The van der Waals surface area contributed by atoms with E-state index in [4.69, 9.17) is 10.5 Å². The van der Waals surface area contributed by atoms with Crippen molar-refractivity contribution in [3.8, 4) is 5.75 Å². The van der Waals surface area contributed by atoms with Gasteiger partial charge in [-0.05, 0) is 32.0 Å². The highest BCUT2D eigenvalue weighted by Crippen LogP contribution is 2.31. The van der Waals surface area contributed by atoms with E-state index in [-0.39, 0.29) is 6.10 Å². The molecule has 2 rings (SSSR count). The van der Waals surface area contributed by atoms with Crippen LogP contribution in [0, 0.1) is 0 Å². The van der Waals surface area contributed by atoms with Crippen LogP contribution in [0.5, 0.6) is 5.75 Å². The van der Waals surface area contributed by atoms with E-state index in [1.54, 1.807) is 24.2 Å². The van der Waals surface area contributed by atoms with Crippen LogP contribution in [0.3, 0.4) is 0 Å². The third kappa shape index (κ3) is 3.17. The first-order chi connectivity index (χ1) is 8.15. The number of nitrogens with zero attached hydrogens (tertiary/aromatic N) is 1. The van der Waals surface area contributed by atoms with Crippen LogP contribution in [-0.2, 0) is 0 Å². The number of anilines is 1. The van der Waals surface area contributed by atoms with E-state index in [1.165, 1.54) is 0 Å². The van der Waals surface area contributed by atoms with Crippen LogP contribution in [0.1, 0.15) is 13.8 Å². The summed E-state index contributed by atoms with van der Waals surface area (Å²) in [4.78, 5) is 8.25. The summed E-state index contributed by atoms with van der Waals surface area (Å²) < 4.78 is 5.64. The lowest BCUT2D eigenvalue weighted by Crippen LogP contribution is -2.07. The maximum Gasteiger partial charge on any atom is 0.170 e. The Kier molecular flexibility index (Phi) is 3.58. The summed E-state index contributed by atoms with van der Waals surface area (Å²) in [5.41, 5.74) is 6.51. The molecule has 1 aromatic heterocycles. The first-order valence-corrected chi connectivity index (χ1v) is 6.20. The maximum absolute atomic E-state index is 5.85. The Morgan fingerprint density at radius 3 is 2.88 bits per heavy atom. The molecule has 4 nitrogen and oxygen atoms in total. The highest BCUT2D eigenvalue weighted by atomic mass is 32.2. The number of hydrogen-bond acceptors (Lipinski definition) is 4. The maximum atomic E-state index is 5.85. The number of rotatable bonds is 4. The first kappa shape index (κ1) is 11.9. The van der Waals surface area contributed by atoms with Crippen LogP contribution in [0.25, 0.3) is 0 Å². The molecule has 2 aromatic rings. The fourth-order valence-corrected chi connectivity index (χ4v) is 2.12. The van der Waals surface area contributed by atoms with Crippen molar-refractivity contribution in [2.75, 3.05) is 5.73 Å². The Bertz CT molecular complexity index is 483. The van der Waals surface area contributed by atoms with Gasteiger partial charge in [0.25, 0.3) is 0 Å². The number of aromatic amines is 1. The molecule has 0 saturated carbocycles. The molecule has 0 amide bonds. The molecule has 1 aromatic carbocycles. The predicted octanol–water partition coefficient (Wildman–Crippen LogP) is 2.93. The van der Waals surface area contributed by atoms with Gasteiger partial charge in [-0.25, -0.2) is 4.98 Å². The smallest absolute Gasteiger partial charge is 0.170 e. The largest absolute Gasteiger partial charge is 0.489 e. The number of imidazole rings is 1. The standard InChI is InChI=1S/C12H15N3OS/c1-8(2)16-11-7-9(3-4-10(11)13)17-12-14-5-6-15-12/h3-8H,13H2,1-2H3,(H,14,15). The van der Waals surface area contributed by atoms with Gasteiger partial charge in [0, 0.05) is 17.3 Å². The quantitative estimate of drug-likeness (QED) is 0.818. The van der Waals surface area contributed by atoms with Gasteiger partial charge in [0.05, 0.1) is 11.8 Å². The number of nitrogen functional groups attached to an aromatic ring is 1. The Balaban J connectivity index is 2.18. The van der Waals surface area contributed by atoms with Crippen molar-refractivity contribution in [3.05, 3.63) is 30.6 Å². The summed E-state index contributed by atoms with van der Waals surface area (Å²) in [7, 11) is 0. The van der Waals surface area contributed by atoms with Gasteiger partial charge in [0.15, 0.2) is 5.16 Å². The highest BCUT2D eigenvalue weighted by Gasteiger charge is 2.06. The molecule has 3 N–H and O–H groups in total. The average Bonchev–Trinajstić information content (AvgIpc) is 2.75. The predicted molar refractivity (Wildman–Crippen MR) is 69.3 cm³/mol. The molecule has 0 aliphatic heterocycles. The van der Waals surface area contributed by atoms with Crippen molar-refractivity contribution in [3.63, 3.8) is 0 Å². The Hall–Kier alpha value is -1.62. The highest BCUT2D eigenvalue weighted by molar-refractivity contribution is 7.99. The van der Waals surface area contributed by atoms with Crippen LogP contribution in [0.15, 0.2) is 40.6 Å². The normalized spacial score (nSPS) is 10.8. The minimum atomic E-state index is 0.112. The van der Waals surface area contributed by atoms with E-state index < -0.39 is 0 Å². The molecule has 17 heavy (non-hydrogen) atoms. The number of nitrogens with one attached hydrogen (secondary N) is 1. The van der Waals surface area contributed by atoms with E-state index in [0.29, 0.717) is 5.69 Å². The van der Waals surface area contributed by atoms with Crippen molar-refractivity contribution in [2.24, 2.45) is 0 Å². The fourth-order valence-electron chi connectivity index (χ4n) is 1.35. The number of benzene rings is 1. The van der Waals surface area contributed by atoms with Gasteiger partial charge in [-0.1, -0.05) is 11.8 Å². The molecule has 0 radical (unpaired) electrons. The molecule has 0 atom stereocenters. The second-order valence-electron chi connectivity index (χ2n) is 3.86. The summed E-state index contributed by atoms with van der Waals surface area (Å²) in [5, 5.41) is 0.852. The first-order valence-electron chi connectivity index (χ1n) is 5.38. The molecule has 0 spiro atoms. The van der Waals surface area contributed by atoms with Crippen LogP contribution in [0.4, 0.5) is 5.69 Å². The Morgan fingerprint density at radius 2 is 2.24 bits per heavy atom. The number of H-pyrrole nitrogens is 1. The van der Waals surface area contributed by atoms with Gasteiger partial charge in [-0.15, -0.1) is 0 Å². The van der Waals surface area contributed by atoms with Gasteiger partial charge >= 0.3 is 0 Å². The van der Waals surface area contributed by atoms with Crippen LogP contribution >= 0.6 is 11.8 Å². The van der Waals surface area contributed by atoms with E-state index in [9.17, 15) is 0 Å². The zero-order valence-electron chi connectivity index (χ0n) is 9.81. The van der Waals surface area contributed by atoms with Gasteiger partial charge in [0.1, 0.15) is 5.75 Å². The third-order valence-corrected chi connectivity index (χ3v) is 2.94. The second kappa shape index (κ2) is 5.14. The van der Waals surface area contributed by atoms with Crippen LogP contribution < -0.4 is 10.5 Å². The van der Waals surface area contributed by atoms with Crippen molar-refractivity contribution >= 4 is 17.4 Å². The molecule has 0 saturated heterocycles. The average molecular weight is 249 g/mol. The van der Waals surface area contributed by atoms with Gasteiger partial charge in [-0.3, -0.25) is 0 Å². The number of nitrogens with two attached hydrogens (primary N) is 1. The fraction of sp³-hybridized carbons (Fsp3) is 0.250. The third-order valence-electron chi connectivity index (χ3n) is 2.04. The topological polar surface area (TPSA) is 63.9 Å². The number of ether oxygens (including phenoxy) is 1. The molecule has 90 valence electrons. The lowest BCUT2D eigenvalue weighted by Gasteiger charge is -2.12. The number of aromatic nitrogens is 2. The molecular weight excluding hydrogens is 234 g/mol. The molecule has 0 unspecified atom stereocenters. The second-order valence-corrected chi connectivity index (χ2v) is 4.92. The van der Waals surface area contributed by atoms with Gasteiger partial charge < -0.3 is 15.5 Å².